The van der Waals surface area contributed by atoms with Crippen molar-refractivity contribution in [2.45, 2.75) is 26.3 Å². The van der Waals surface area contributed by atoms with E-state index in [1.165, 1.54) is 18.2 Å². The number of halogens is 3. The molecule has 0 heterocycles. The Morgan fingerprint density at radius 3 is 2.10 bits per heavy atom. The minimum Gasteiger partial charge on any atom is -0.313 e. The van der Waals surface area contributed by atoms with Gasteiger partial charge in [-0.1, -0.05) is 34.1 Å². The van der Waals surface area contributed by atoms with E-state index in [-0.39, 0.29) is 18.0 Å². The van der Waals surface area contributed by atoms with Crippen LogP contribution in [-0.2, 0) is 6.42 Å². The van der Waals surface area contributed by atoms with E-state index < -0.39 is 11.6 Å². The maximum atomic E-state index is 13.8. The van der Waals surface area contributed by atoms with Gasteiger partial charge in [0.1, 0.15) is 11.6 Å². The molecule has 0 spiro atoms. The topological polar surface area (TPSA) is 12.0 Å². The molecule has 0 saturated heterocycles. The SMILES string of the molecule is CNC(Cc1c(F)cccc1F)c1cc(C)c(Br)c(C)c1. The minimum absolute atomic E-state index is 0.120. The number of hydrogen-bond acceptors (Lipinski definition) is 1. The van der Waals surface area contributed by atoms with E-state index in [1.807, 2.05) is 26.0 Å². The molecule has 0 bridgehead atoms. The van der Waals surface area contributed by atoms with Crippen LogP contribution in [0.25, 0.3) is 0 Å². The van der Waals surface area contributed by atoms with Crippen molar-refractivity contribution in [2.24, 2.45) is 0 Å². The van der Waals surface area contributed by atoms with Gasteiger partial charge in [0, 0.05) is 16.1 Å². The summed E-state index contributed by atoms with van der Waals surface area (Å²) in [6.07, 6.45) is 0.273. The molecule has 112 valence electrons. The third-order valence-corrected chi connectivity index (χ3v) is 4.93. The monoisotopic (exact) mass is 353 g/mol. The Balaban J connectivity index is 2.37. The van der Waals surface area contributed by atoms with Crippen LogP contribution in [0.5, 0.6) is 0 Å². The Labute approximate surface area is 132 Å². The Morgan fingerprint density at radius 2 is 1.62 bits per heavy atom. The van der Waals surface area contributed by atoms with Crippen molar-refractivity contribution in [1.82, 2.24) is 5.32 Å². The summed E-state index contributed by atoms with van der Waals surface area (Å²) in [6, 6.07) is 7.92. The summed E-state index contributed by atoms with van der Waals surface area (Å²) in [6.45, 7) is 4.02. The summed E-state index contributed by atoms with van der Waals surface area (Å²) in [5.41, 5.74) is 3.37. The van der Waals surface area contributed by atoms with Gasteiger partial charge in [-0.2, -0.15) is 0 Å². The molecule has 0 saturated carbocycles. The van der Waals surface area contributed by atoms with Gasteiger partial charge in [0.05, 0.1) is 0 Å². The minimum atomic E-state index is -0.499. The molecule has 0 amide bonds. The van der Waals surface area contributed by atoms with Gasteiger partial charge in [-0.3, -0.25) is 0 Å². The molecular weight excluding hydrogens is 336 g/mol. The van der Waals surface area contributed by atoms with Crippen LogP contribution >= 0.6 is 15.9 Å². The first-order valence-electron chi connectivity index (χ1n) is 6.80. The van der Waals surface area contributed by atoms with Gasteiger partial charge >= 0.3 is 0 Å². The van der Waals surface area contributed by atoms with Gasteiger partial charge in [-0.05, 0) is 56.1 Å². The van der Waals surface area contributed by atoms with Crippen molar-refractivity contribution < 1.29 is 8.78 Å². The van der Waals surface area contributed by atoms with Gasteiger partial charge in [0.25, 0.3) is 0 Å². The van der Waals surface area contributed by atoms with Crippen LogP contribution in [0.2, 0.25) is 0 Å². The lowest BCUT2D eigenvalue weighted by atomic mass is 9.95. The summed E-state index contributed by atoms with van der Waals surface area (Å²) < 4.78 is 28.7. The molecule has 0 aliphatic carbocycles. The number of benzene rings is 2. The quantitative estimate of drug-likeness (QED) is 0.828. The molecule has 4 heteroatoms. The van der Waals surface area contributed by atoms with E-state index in [0.29, 0.717) is 0 Å². The predicted molar refractivity (Wildman–Crippen MR) is 85.5 cm³/mol. The van der Waals surface area contributed by atoms with E-state index in [0.717, 1.165) is 21.2 Å². The fourth-order valence-electron chi connectivity index (χ4n) is 2.50. The van der Waals surface area contributed by atoms with E-state index >= 15 is 0 Å². The molecule has 1 unspecified atom stereocenters. The maximum Gasteiger partial charge on any atom is 0.129 e. The average molecular weight is 354 g/mol. The van der Waals surface area contributed by atoms with Crippen LogP contribution < -0.4 is 5.32 Å². The molecule has 0 radical (unpaired) electrons. The van der Waals surface area contributed by atoms with Crippen LogP contribution in [0.3, 0.4) is 0 Å². The molecule has 0 fully saturated rings. The molecule has 0 aliphatic rings. The van der Waals surface area contributed by atoms with Crippen molar-refractivity contribution in [3.8, 4) is 0 Å². The molecule has 2 aromatic rings. The first-order chi connectivity index (χ1) is 9.93. The molecule has 2 aromatic carbocycles. The zero-order valence-corrected chi connectivity index (χ0v) is 13.9. The standard InChI is InChI=1S/C17H18BrF2N/c1-10-7-12(8-11(2)17(10)18)16(21-3)9-13-14(19)5-4-6-15(13)20/h4-8,16,21H,9H2,1-3H3. The van der Waals surface area contributed by atoms with E-state index in [9.17, 15) is 8.78 Å². The Morgan fingerprint density at radius 1 is 1.10 bits per heavy atom. The number of nitrogens with one attached hydrogen (secondary N) is 1. The van der Waals surface area contributed by atoms with Crippen molar-refractivity contribution in [3.63, 3.8) is 0 Å². The third kappa shape index (κ3) is 3.50. The van der Waals surface area contributed by atoms with Gasteiger partial charge < -0.3 is 5.32 Å². The number of aryl methyl sites for hydroxylation is 2. The lowest BCUT2D eigenvalue weighted by Gasteiger charge is -2.19. The summed E-state index contributed by atoms with van der Waals surface area (Å²) >= 11 is 3.53. The molecular formula is C17H18BrF2N. The normalized spacial score (nSPS) is 12.5. The molecule has 1 nitrogen and oxygen atoms in total. The highest BCUT2D eigenvalue weighted by atomic mass is 79.9. The molecule has 1 atom stereocenters. The smallest absolute Gasteiger partial charge is 0.129 e. The molecule has 21 heavy (non-hydrogen) atoms. The maximum absolute atomic E-state index is 13.8. The molecule has 0 aromatic heterocycles. The van der Waals surface area contributed by atoms with E-state index in [1.54, 1.807) is 7.05 Å². The van der Waals surface area contributed by atoms with E-state index in [4.69, 9.17) is 0 Å². The van der Waals surface area contributed by atoms with Gasteiger partial charge in [-0.15, -0.1) is 0 Å². The summed E-state index contributed by atoms with van der Waals surface area (Å²) in [7, 11) is 1.80. The first kappa shape index (κ1) is 16.1. The number of likely N-dealkylation sites (N-methyl/N-ethyl adjacent to an activating group) is 1. The Bertz CT molecular complexity index is 612. The number of rotatable bonds is 4. The van der Waals surface area contributed by atoms with Crippen molar-refractivity contribution >= 4 is 15.9 Å². The average Bonchev–Trinajstić information content (AvgIpc) is 2.44. The first-order valence-corrected chi connectivity index (χ1v) is 7.60. The van der Waals surface area contributed by atoms with Crippen LogP contribution in [0, 0.1) is 25.5 Å². The van der Waals surface area contributed by atoms with Gasteiger partial charge in [0.15, 0.2) is 0 Å². The van der Waals surface area contributed by atoms with Crippen molar-refractivity contribution in [3.05, 3.63) is 68.7 Å². The summed E-state index contributed by atoms with van der Waals surface area (Å²) in [5, 5.41) is 3.15. The van der Waals surface area contributed by atoms with Crippen molar-refractivity contribution in [2.75, 3.05) is 7.05 Å². The molecule has 0 aliphatic heterocycles. The fraction of sp³-hybridized carbons (Fsp3) is 0.294. The van der Waals surface area contributed by atoms with E-state index in [2.05, 4.69) is 21.2 Å². The predicted octanol–water partition coefficient (Wildman–Crippen LogP) is 4.85. The van der Waals surface area contributed by atoms with Gasteiger partial charge in [0.2, 0.25) is 0 Å². The highest BCUT2D eigenvalue weighted by molar-refractivity contribution is 9.10. The van der Waals surface area contributed by atoms with Crippen LogP contribution in [0.1, 0.15) is 28.3 Å². The zero-order valence-electron chi connectivity index (χ0n) is 12.3. The highest BCUT2D eigenvalue weighted by Crippen LogP contribution is 2.28. The third-order valence-electron chi connectivity index (χ3n) is 3.68. The second-order valence-corrected chi connectivity index (χ2v) is 6.01. The second-order valence-electron chi connectivity index (χ2n) is 5.21. The second kappa shape index (κ2) is 6.67. The molecule has 1 N–H and O–H groups in total. The highest BCUT2D eigenvalue weighted by Gasteiger charge is 2.17. The van der Waals surface area contributed by atoms with Crippen LogP contribution in [0.4, 0.5) is 8.78 Å². The summed E-state index contributed by atoms with van der Waals surface area (Å²) in [4.78, 5) is 0. The number of hydrogen-bond donors (Lipinski definition) is 1. The van der Waals surface area contributed by atoms with Crippen LogP contribution in [0.15, 0.2) is 34.8 Å². The zero-order chi connectivity index (χ0) is 15.6. The largest absolute Gasteiger partial charge is 0.313 e. The van der Waals surface area contributed by atoms with Crippen LogP contribution in [-0.4, -0.2) is 7.05 Å². The van der Waals surface area contributed by atoms with Gasteiger partial charge in [-0.25, -0.2) is 8.78 Å². The Kier molecular flexibility index (Phi) is 5.12. The lowest BCUT2D eigenvalue weighted by Crippen LogP contribution is -2.20. The lowest BCUT2D eigenvalue weighted by molar-refractivity contribution is 0.515. The summed E-state index contributed by atoms with van der Waals surface area (Å²) in [5.74, 6) is -0.999. The Hall–Kier alpha value is -1.26. The fourth-order valence-corrected chi connectivity index (χ4v) is 2.73. The molecule has 2 rings (SSSR count). The van der Waals surface area contributed by atoms with Crippen molar-refractivity contribution in [1.29, 1.82) is 0 Å².